The van der Waals surface area contributed by atoms with Gasteiger partial charge in [-0.2, -0.15) is 0 Å². The number of hydrogen-bond donors (Lipinski definition) is 1. The number of halogens is 2. The van der Waals surface area contributed by atoms with E-state index in [1.807, 2.05) is 29.0 Å². The zero-order chi connectivity index (χ0) is 13.1. The summed E-state index contributed by atoms with van der Waals surface area (Å²) in [5.41, 5.74) is 1.09. The van der Waals surface area contributed by atoms with Gasteiger partial charge in [0.15, 0.2) is 0 Å². The number of benzene rings is 1. The van der Waals surface area contributed by atoms with Crippen LogP contribution in [0.5, 0.6) is 0 Å². The number of nitrogens with one attached hydrogen (secondary N) is 1. The van der Waals surface area contributed by atoms with Gasteiger partial charge in [0.2, 0.25) is 5.95 Å². The molecular weight excluding hydrogens is 361 g/mol. The molecule has 18 heavy (non-hydrogen) atoms. The third-order valence-corrected chi connectivity index (χ3v) is 3.58. The van der Waals surface area contributed by atoms with Gasteiger partial charge in [0.25, 0.3) is 0 Å². The SMILES string of the molecule is CC(C)CNc1nccn1-c1ccc(Cl)cc1I. The van der Waals surface area contributed by atoms with E-state index in [2.05, 4.69) is 46.7 Å². The lowest BCUT2D eigenvalue weighted by Crippen LogP contribution is -2.12. The normalized spacial score (nSPS) is 10.9. The van der Waals surface area contributed by atoms with Gasteiger partial charge in [-0.3, -0.25) is 4.57 Å². The third-order valence-electron chi connectivity index (χ3n) is 2.48. The third kappa shape index (κ3) is 3.17. The van der Waals surface area contributed by atoms with E-state index in [0.29, 0.717) is 5.92 Å². The number of nitrogens with zero attached hydrogens (tertiary/aromatic N) is 2. The Labute approximate surface area is 126 Å². The van der Waals surface area contributed by atoms with Crippen LogP contribution in [0.3, 0.4) is 0 Å². The summed E-state index contributed by atoms with van der Waals surface area (Å²) in [5, 5.41) is 4.10. The molecule has 0 aliphatic heterocycles. The van der Waals surface area contributed by atoms with Gasteiger partial charge in [-0.05, 0) is 46.7 Å². The van der Waals surface area contributed by atoms with Crippen molar-refractivity contribution in [2.45, 2.75) is 13.8 Å². The van der Waals surface area contributed by atoms with Crippen LogP contribution >= 0.6 is 34.2 Å². The zero-order valence-electron chi connectivity index (χ0n) is 10.3. The minimum Gasteiger partial charge on any atom is -0.355 e. The maximum absolute atomic E-state index is 5.98. The molecule has 0 atom stereocenters. The van der Waals surface area contributed by atoms with E-state index in [4.69, 9.17) is 11.6 Å². The largest absolute Gasteiger partial charge is 0.355 e. The molecule has 0 aliphatic rings. The number of imidazole rings is 1. The molecule has 1 heterocycles. The molecule has 1 N–H and O–H groups in total. The zero-order valence-corrected chi connectivity index (χ0v) is 13.2. The Morgan fingerprint density at radius 2 is 2.22 bits per heavy atom. The predicted octanol–water partition coefficient (Wildman–Crippen LogP) is 4.20. The number of hydrogen-bond acceptors (Lipinski definition) is 2. The molecule has 0 unspecified atom stereocenters. The first kappa shape index (κ1) is 13.7. The van der Waals surface area contributed by atoms with Crippen molar-refractivity contribution in [3.8, 4) is 5.69 Å². The summed E-state index contributed by atoms with van der Waals surface area (Å²) in [6.45, 7) is 5.25. The van der Waals surface area contributed by atoms with Gasteiger partial charge in [-0.25, -0.2) is 4.98 Å². The summed E-state index contributed by atoms with van der Waals surface area (Å²) in [4.78, 5) is 4.34. The van der Waals surface area contributed by atoms with Crippen LogP contribution in [0.4, 0.5) is 5.95 Å². The highest BCUT2D eigenvalue weighted by Crippen LogP contribution is 2.23. The maximum Gasteiger partial charge on any atom is 0.207 e. The average molecular weight is 376 g/mol. The molecule has 2 aromatic rings. The van der Waals surface area contributed by atoms with E-state index in [1.54, 1.807) is 6.20 Å². The van der Waals surface area contributed by atoms with Gasteiger partial charge < -0.3 is 5.32 Å². The highest BCUT2D eigenvalue weighted by atomic mass is 127. The van der Waals surface area contributed by atoms with Crippen molar-refractivity contribution < 1.29 is 0 Å². The van der Waals surface area contributed by atoms with Crippen LogP contribution in [0, 0.1) is 9.49 Å². The van der Waals surface area contributed by atoms with E-state index in [0.717, 1.165) is 26.8 Å². The molecule has 5 heteroatoms. The summed E-state index contributed by atoms with van der Waals surface area (Å²) >= 11 is 8.26. The first-order valence-corrected chi connectivity index (χ1v) is 7.26. The minimum atomic E-state index is 0.583. The van der Waals surface area contributed by atoms with E-state index in [9.17, 15) is 0 Å². The van der Waals surface area contributed by atoms with E-state index < -0.39 is 0 Å². The molecule has 0 saturated carbocycles. The predicted molar refractivity (Wildman–Crippen MR) is 84.6 cm³/mol. The molecule has 0 bridgehead atoms. The first-order chi connectivity index (χ1) is 8.58. The lowest BCUT2D eigenvalue weighted by atomic mass is 10.2. The standard InChI is InChI=1S/C13H15ClIN3/c1-9(2)8-17-13-16-5-6-18(13)12-4-3-10(14)7-11(12)15/h3-7,9H,8H2,1-2H3,(H,16,17). The van der Waals surface area contributed by atoms with Crippen molar-refractivity contribution in [2.75, 3.05) is 11.9 Å². The summed E-state index contributed by atoms with van der Waals surface area (Å²) in [6, 6.07) is 5.85. The fourth-order valence-electron chi connectivity index (χ4n) is 1.60. The quantitative estimate of drug-likeness (QED) is 0.812. The van der Waals surface area contributed by atoms with Crippen molar-refractivity contribution in [1.82, 2.24) is 9.55 Å². The Morgan fingerprint density at radius 3 is 2.89 bits per heavy atom. The van der Waals surface area contributed by atoms with Gasteiger partial charge in [-0.15, -0.1) is 0 Å². The molecule has 0 saturated heterocycles. The van der Waals surface area contributed by atoms with Gasteiger partial charge in [0.05, 0.1) is 5.69 Å². The molecule has 1 aromatic carbocycles. The van der Waals surface area contributed by atoms with Crippen LogP contribution in [0.15, 0.2) is 30.6 Å². The van der Waals surface area contributed by atoms with Crippen molar-refractivity contribution in [3.63, 3.8) is 0 Å². The Morgan fingerprint density at radius 1 is 1.44 bits per heavy atom. The number of rotatable bonds is 4. The molecule has 2 rings (SSSR count). The Hall–Kier alpha value is -0.750. The average Bonchev–Trinajstić information content (AvgIpc) is 2.74. The summed E-state index contributed by atoms with van der Waals surface area (Å²) in [7, 11) is 0. The molecule has 0 fully saturated rings. The molecule has 0 radical (unpaired) electrons. The summed E-state index contributed by atoms with van der Waals surface area (Å²) < 4.78 is 3.14. The molecule has 0 aliphatic carbocycles. The van der Waals surface area contributed by atoms with Crippen LogP contribution in [0.25, 0.3) is 5.69 Å². The summed E-state index contributed by atoms with van der Waals surface area (Å²) in [5.74, 6) is 1.45. The highest BCUT2D eigenvalue weighted by Gasteiger charge is 2.08. The van der Waals surface area contributed by atoms with E-state index >= 15 is 0 Å². The number of anilines is 1. The molecule has 0 spiro atoms. The molecule has 96 valence electrons. The lowest BCUT2D eigenvalue weighted by molar-refractivity contribution is 0.683. The second-order valence-corrected chi connectivity index (χ2v) is 6.09. The molecule has 1 aromatic heterocycles. The van der Waals surface area contributed by atoms with Crippen LogP contribution in [0.1, 0.15) is 13.8 Å². The van der Waals surface area contributed by atoms with Gasteiger partial charge in [-0.1, -0.05) is 25.4 Å². The van der Waals surface area contributed by atoms with Crippen molar-refractivity contribution in [3.05, 3.63) is 39.2 Å². The van der Waals surface area contributed by atoms with Crippen LogP contribution in [0.2, 0.25) is 5.02 Å². The molecule has 3 nitrogen and oxygen atoms in total. The molecule has 0 amide bonds. The van der Waals surface area contributed by atoms with E-state index in [1.165, 1.54) is 0 Å². The smallest absolute Gasteiger partial charge is 0.207 e. The Bertz CT molecular complexity index is 537. The fourth-order valence-corrected chi connectivity index (χ4v) is 2.73. The van der Waals surface area contributed by atoms with Crippen LogP contribution < -0.4 is 5.32 Å². The minimum absolute atomic E-state index is 0.583. The van der Waals surface area contributed by atoms with Gasteiger partial charge in [0, 0.05) is 27.5 Å². The Balaban J connectivity index is 2.30. The lowest BCUT2D eigenvalue weighted by Gasteiger charge is -2.12. The van der Waals surface area contributed by atoms with Gasteiger partial charge in [0.1, 0.15) is 0 Å². The van der Waals surface area contributed by atoms with Crippen molar-refractivity contribution in [1.29, 1.82) is 0 Å². The van der Waals surface area contributed by atoms with Crippen molar-refractivity contribution >= 4 is 40.1 Å². The van der Waals surface area contributed by atoms with Crippen LogP contribution in [-0.2, 0) is 0 Å². The number of aromatic nitrogens is 2. The second kappa shape index (κ2) is 5.93. The highest BCUT2D eigenvalue weighted by molar-refractivity contribution is 14.1. The fraction of sp³-hybridized carbons (Fsp3) is 0.308. The van der Waals surface area contributed by atoms with Gasteiger partial charge >= 0.3 is 0 Å². The molecular formula is C13H15ClIN3. The first-order valence-electron chi connectivity index (χ1n) is 5.80. The topological polar surface area (TPSA) is 29.9 Å². The van der Waals surface area contributed by atoms with E-state index in [-0.39, 0.29) is 0 Å². The van der Waals surface area contributed by atoms with Crippen molar-refractivity contribution in [2.24, 2.45) is 5.92 Å². The maximum atomic E-state index is 5.98. The Kier molecular flexibility index (Phi) is 4.50. The summed E-state index contributed by atoms with van der Waals surface area (Å²) in [6.07, 6.45) is 3.75. The monoisotopic (exact) mass is 375 g/mol. The second-order valence-electron chi connectivity index (χ2n) is 4.49. The van der Waals surface area contributed by atoms with Crippen LogP contribution in [-0.4, -0.2) is 16.1 Å².